The van der Waals surface area contributed by atoms with E-state index in [0.29, 0.717) is 30.9 Å². The third-order valence-corrected chi connectivity index (χ3v) is 5.90. The van der Waals surface area contributed by atoms with Crippen molar-refractivity contribution in [2.75, 3.05) is 29.1 Å². The van der Waals surface area contributed by atoms with Crippen molar-refractivity contribution in [1.29, 1.82) is 0 Å². The molecule has 164 valence electrons. The Morgan fingerprint density at radius 3 is 2.62 bits per heavy atom. The zero-order chi connectivity index (χ0) is 22.3. The van der Waals surface area contributed by atoms with Gasteiger partial charge >= 0.3 is 6.03 Å². The number of fused-ring (bicyclic) bond motifs is 1. The second kappa shape index (κ2) is 10.2. The summed E-state index contributed by atoms with van der Waals surface area (Å²) in [6.07, 6.45) is 1.73. The van der Waals surface area contributed by atoms with Crippen molar-refractivity contribution in [3.63, 3.8) is 0 Å². The molecule has 1 aliphatic rings. The fourth-order valence-electron chi connectivity index (χ4n) is 3.31. The molecular formula is C24H24N4O3S. The Morgan fingerprint density at radius 2 is 1.88 bits per heavy atom. The molecule has 0 bridgehead atoms. The standard InChI is InChI=1S/C24H24N4O3S/c1-2-31-20-11-5-17(6-12-20)16-26-22(29)18-7-9-19(10-8-18)27-24(30)28-14-15-32-23-21(28)4-3-13-25-23/h3-13H,2,14-16H2,1H3,(H,26,29)(H,27,30). The molecule has 8 heteroatoms. The van der Waals surface area contributed by atoms with Crippen LogP contribution in [0.2, 0.25) is 0 Å². The first-order valence-electron chi connectivity index (χ1n) is 10.4. The molecule has 0 aliphatic carbocycles. The summed E-state index contributed by atoms with van der Waals surface area (Å²) >= 11 is 1.64. The van der Waals surface area contributed by atoms with Gasteiger partial charge in [-0.05, 0) is 61.0 Å². The van der Waals surface area contributed by atoms with Crippen molar-refractivity contribution >= 4 is 35.1 Å². The Kier molecular flexibility index (Phi) is 6.91. The van der Waals surface area contributed by atoms with E-state index in [2.05, 4.69) is 15.6 Å². The maximum Gasteiger partial charge on any atom is 0.326 e. The summed E-state index contributed by atoms with van der Waals surface area (Å²) in [6, 6.07) is 18.0. The SMILES string of the molecule is CCOc1ccc(CNC(=O)c2ccc(NC(=O)N3CCSc4ncccc43)cc2)cc1. The van der Waals surface area contributed by atoms with E-state index in [1.54, 1.807) is 47.1 Å². The van der Waals surface area contributed by atoms with E-state index >= 15 is 0 Å². The molecule has 0 fully saturated rings. The van der Waals surface area contributed by atoms with Crippen LogP contribution < -0.4 is 20.3 Å². The smallest absolute Gasteiger partial charge is 0.326 e. The number of urea groups is 1. The summed E-state index contributed by atoms with van der Waals surface area (Å²) in [6.45, 7) is 3.59. The van der Waals surface area contributed by atoms with E-state index in [9.17, 15) is 9.59 Å². The first kappa shape index (κ1) is 21.7. The number of aromatic nitrogens is 1. The molecule has 0 radical (unpaired) electrons. The van der Waals surface area contributed by atoms with Gasteiger partial charge in [0.2, 0.25) is 0 Å². The summed E-state index contributed by atoms with van der Waals surface area (Å²) in [5.74, 6) is 1.43. The number of hydrogen-bond acceptors (Lipinski definition) is 5. The Hall–Kier alpha value is -3.52. The molecule has 32 heavy (non-hydrogen) atoms. The Morgan fingerprint density at radius 1 is 1.09 bits per heavy atom. The van der Waals surface area contributed by atoms with E-state index in [-0.39, 0.29) is 11.9 Å². The molecule has 0 atom stereocenters. The van der Waals surface area contributed by atoms with Crippen LogP contribution in [-0.4, -0.2) is 35.8 Å². The van der Waals surface area contributed by atoms with Crippen LogP contribution in [0.3, 0.4) is 0 Å². The van der Waals surface area contributed by atoms with E-state index in [4.69, 9.17) is 4.74 Å². The Balaban J connectivity index is 1.33. The maximum absolute atomic E-state index is 12.8. The predicted molar refractivity (Wildman–Crippen MR) is 127 cm³/mol. The first-order valence-corrected chi connectivity index (χ1v) is 11.4. The van der Waals surface area contributed by atoms with Gasteiger partial charge in [-0.3, -0.25) is 9.69 Å². The topological polar surface area (TPSA) is 83.6 Å². The lowest BCUT2D eigenvalue weighted by Crippen LogP contribution is -2.38. The minimum Gasteiger partial charge on any atom is -0.494 e. The lowest BCUT2D eigenvalue weighted by Gasteiger charge is -2.28. The van der Waals surface area contributed by atoms with E-state index in [1.807, 2.05) is 43.3 Å². The molecule has 3 amide bonds. The highest BCUT2D eigenvalue weighted by atomic mass is 32.2. The van der Waals surface area contributed by atoms with Crippen LogP contribution in [0.4, 0.5) is 16.2 Å². The number of hydrogen-bond donors (Lipinski definition) is 2. The fraction of sp³-hybridized carbons (Fsp3) is 0.208. The highest BCUT2D eigenvalue weighted by molar-refractivity contribution is 7.99. The van der Waals surface area contributed by atoms with Crippen LogP contribution >= 0.6 is 11.8 Å². The van der Waals surface area contributed by atoms with Crippen molar-refractivity contribution in [1.82, 2.24) is 10.3 Å². The number of nitrogens with zero attached hydrogens (tertiary/aromatic N) is 2. The molecule has 0 unspecified atom stereocenters. The summed E-state index contributed by atoms with van der Waals surface area (Å²) < 4.78 is 5.43. The largest absolute Gasteiger partial charge is 0.494 e. The highest BCUT2D eigenvalue weighted by Gasteiger charge is 2.23. The van der Waals surface area contributed by atoms with Gasteiger partial charge < -0.3 is 15.4 Å². The zero-order valence-corrected chi connectivity index (χ0v) is 18.5. The van der Waals surface area contributed by atoms with Crippen molar-refractivity contribution in [3.05, 3.63) is 78.0 Å². The second-order valence-electron chi connectivity index (χ2n) is 7.09. The normalized spacial score (nSPS) is 12.6. The molecule has 2 N–H and O–H groups in total. The van der Waals surface area contributed by atoms with Gasteiger partial charge in [-0.2, -0.15) is 0 Å². The minimum absolute atomic E-state index is 0.176. The third kappa shape index (κ3) is 5.20. The zero-order valence-electron chi connectivity index (χ0n) is 17.7. The highest BCUT2D eigenvalue weighted by Crippen LogP contribution is 2.32. The molecule has 1 aliphatic heterocycles. The molecule has 2 heterocycles. The quantitative estimate of drug-likeness (QED) is 0.578. The number of pyridine rings is 1. The Bertz CT molecular complexity index is 1090. The van der Waals surface area contributed by atoms with Crippen LogP contribution in [0, 0.1) is 0 Å². The summed E-state index contributed by atoms with van der Waals surface area (Å²) in [7, 11) is 0. The molecule has 0 saturated heterocycles. The second-order valence-corrected chi connectivity index (χ2v) is 8.18. The van der Waals surface area contributed by atoms with Gasteiger partial charge in [-0.25, -0.2) is 9.78 Å². The predicted octanol–water partition coefficient (Wildman–Crippen LogP) is 4.55. The first-order chi connectivity index (χ1) is 15.6. The lowest BCUT2D eigenvalue weighted by atomic mass is 10.1. The number of amides is 3. The molecular weight excluding hydrogens is 424 g/mol. The molecule has 3 aromatic rings. The third-order valence-electron chi connectivity index (χ3n) is 4.93. The number of carbonyl (C=O) groups is 2. The van der Waals surface area contributed by atoms with E-state index in [1.165, 1.54) is 0 Å². The van der Waals surface area contributed by atoms with Crippen molar-refractivity contribution < 1.29 is 14.3 Å². The lowest BCUT2D eigenvalue weighted by molar-refractivity contribution is 0.0951. The van der Waals surface area contributed by atoms with Gasteiger partial charge in [0.15, 0.2) is 0 Å². The number of anilines is 2. The molecule has 7 nitrogen and oxygen atoms in total. The van der Waals surface area contributed by atoms with E-state index < -0.39 is 0 Å². The molecule has 0 spiro atoms. The number of benzene rings is 2. The van der Waals surface area contributed by atoms with Crippen LogP contribution in [0.15, 0.2) is 71.9 Å². The van der Waals surface area contributed by atoms with Gasteiger partial charge in [-0.1, -0.05) is 12.1 Å². The van der Waals surface area contributed by atoms with Crippen LogP contribution in [-0.2, 0) is 6.54 Å². The fourth-order valence-corrected chi connectivity index (χ4v) is 4.24. The van der Waals surface area contributed by atoms with Crippen LogP contribution in [0.25, 0.3) is 0 Å². The van der Waals surface area contributed by atoms with Gasteiger partial charge in [0.25, 0.3) is 5.91 Å². The number of carbonyl (C=O) groups excluding carboxylic acids is 2. The number of rotatable bonds is 6. The average molecular weight is 449 g/mol. The van der Waals surface area contributed by atoms with Crippen molar-refractivity contribution in [3.8, 4) is 5.75 Å². The molecule has 0 saturated carbocycles. The summed E-state index contributed by atoms with van der Waals surface area (Å²) in [4.78, 5) is 31.3. The van der Waals surface area contributed by atoms with Gasteiger partial charge in [0.1, 0.15) is 10.8 Å². The summed E-state index contributed by atoms with van der Waals surface area (Å²) in [5.41, 5.74) is 2.95. The van der Waals surface area contributed by atoms with Gasteiger partial charge in [0, 0.05) is 36.3 Å². The molecule has 1 aromatic heterocycles. The molecule has 4 rings (SSSR count). The maximum atomic E-state index is 12.8. The summed E-state index contributed by atoms with van der Waals surface area (Å²) in [5, 5.41) is 6.66. The van der Waals surface area contributed by atoms with Gasteiger partial charge in [-0.15, -0.1) is 11.8 Å². The minimum atomic E-state index is -0.216. The number of thioether (sulfide) groups is 1. The number of ether oxygens (including phenoxy) is 1. The average Bonchev–Trinajstić information content (AvgIpc) is 2.83. The van der Waals surface area contributed by atoms with Crippen LogP contribution in [0.1, 0.15) is 22.8 Å². The van der Waals surface area contributed by atoms with Crippen LogP contribution in [0.5, 0.6) is 5.75 Å². The molecule has 2 aromatic carbocycles. The van der Waals surface area contributed by atoms with Crippen molar-refractivity contribution in [2.45, 2.75) is 18.5 Å². The number of nitrogens with one attached hydrogen (secondary N) is 2. The van der Waals surface area contributed by atoms with Gasteiger partial charge in [0.05, 0.1) is 12.3 Å². The van der Waals surface area contributed by atoms with E-state index in [0.717, 1.165) is 27.8 Å². The monoisotopic (exact) mass is 448 g/mol. The van der Waals surface area contributed by atoms with Crippen molar-refractivity contribution in [2.24, 2.45) is 0 Å². The Labute approximate surface area is 191 Å².